The first-order valence-electron chi connectivity index (χ1n) is 8.79. The van der Waals surface area contributed by atoms with Gasteiger partial charge in [0.15, 0.2) is 0 Å². The number of nitriles is 1. The lowest BCUT2D eigenvalue weighted by molar-refractivity contribution is -0.133. The highest BCUT2D eigenvalue weighted by molar-refractivity contribution is 7.10. The molecule has 0 N–H and O–H groups in total. The van der Waals surface area contributed by atoms with E-state index in [1.807, 2.05) is 46.7 Å². The maximum absolute atomic E-state index is 12.5. The van der Waals surface area contributed by atoms with Gasteiger partial charge in [-0.3, -0.25) is 9.69 Å². The molecular weight excluding hydrogens is 346 g/mol. The molecular formula is C20H23N3O2S. The van der Waals surface area contributed by atoms with E-state index < -0.39 is 0 Å². The number of carbonyl (C=O) groups is 1. The highest BCUT2D eigenvalue weighted by Crippen LogP contribution is 2.25. The number of nitrogens with zero attached hydrogens (tertiary/aromatic N) is 3. The van der Waals surface area contributed by atoms with Crippen molar-refractivity contribution in [1.29, 1.82) is 5.26 Å². The fourth-order valence-electron chi connectivity index (χ4n) is 3.20. The van der Waals surface area contributed by atoms with Crippen molar-refractivity contribution in [2.24, 2.45) is 0 Å². The van der Waals surface area contributed by atoms with E-state index in [1.54, 1.807) is 18.4 Å². The minimum atomic E-state index is -0.202. The standard InChI is InChI=1S/C20H23N3O2S/c1-25-17-7-4-16(5-8-17)6-9-20(24)23-12-10-22(11-13-23)18(15-21)19-3-2-14-26-19/h2-5,7-8,14,18H,6,9-13H2,1H3. The third kappa shape index (κ3) is 4.43. The largest absolute Gasteiger partial charge is 0.497 e. The van der Waals surface area contributed by atoms with E-state index >= 15 is 0 Å². The Morgan fingerprint density at radius 1 is 1.23 bits per heavy atom. The Bertz CT molecular complexity index is 744. The second kappa shape index (κ2) is 8.84. The van der Waals surface area contributed by atoms with Crippen LogP contribution >= 0.6 is 11.3 Å². The molecule has 0 radical (unpaired) electrons. The molecule has 3 rings (SSSR count). The van der Waals surface area contributed by atoms with Crippen LogP contribution in [0.4, 0.5) is 0 Å². The summed E-state index contributed by atoms with van der Waals surface area (Å²) in [6.07, 6.45) is 1.25. The summed E-state index contributed by atoms with van der Waals surface area (Å²) < 4.78 is 5.15. The number of carbonyl (C=O) groups excluding carboxylic acids is 1. The molecule has 1 aromatic carbocycles. The van der Waals surface area contributed by atoms with Crippen molar-refractivity contribution in [2.75, 3.05) is 33.3 Å². The summed E-state index contributed by atoms with van der Waals surface area (Å²) in [7, 11) is 1.65. The molecule has 1 fully saturated rings. The van der Waals surface area contributed by atoms with Gasteiger partial charge in [0, 0.05) is 37.5 Å². The first-order valence-corrected chi connectivity index (χ1v) is 9.67. The van der Waals surface area contributed by atoms with Crippen LogP contribution in [0.3, 0.4) is 0 Å². The average Bonchev–Trinajstić information content (AvgIpc) is 3.22. The van der Waals surface area contributed by atoms with Crippen molar-refractivity contribution in [3.8, 4) is 11.8 Å². The van der Waals surface area contributed by atoms with Gasteiger partial charge < -0.3 is 9.64 Å². The van der Waals surface area contributed by atoms with Crippen molar-refractivity contribution < 1.29 is 9.53 Å². The van der Waals surface area contributed by atoms with Crippen LogP contribution in [0.25, 0.3) is 0 Å². The first kappa shape index (κ1) is 18.4. The Morgan fingerprint density at radius 2 is 1.96 bits per heavy atom. The van der Waals surface area contributed by atoms with Crippen molar-refractivity contribution >= 4 is 17.2 Å². The summed E-state index contributed by atoms with van der Waals surface area (Å²) in [5, 5.41) is 11.5. The number of benzene rings is 1. The van der Waals surface area contributed by atoms with Crippen LogP contribution in [0.5, 0.6) is 5.75 Å². The summed E-state index contributed by atoms with van der Waals surface area (Å²) >= 11 is 1.61. The number of thiophene rings is 1. The third-order valence-electron chi connectivity index (χ3n) is 4.75. The molecule has 0 saturated carbocycles. The monoisotopic (exact) mass is 369 g/mol. The van der Waals surface area contributed by atoms with Gasteiger partial charge in [-0.25, -0.2) is 0 Å². The normalized spacial score (nSPS) is 16.1. The maximum atomic E-state index is 12.5. The van der Waals surface area contributed by atoms with Crippen molar-refractivity contribution in [1.82, 2.24) is 9.80 Å². The molecule has 1 saturated heterocycles. The van der Waals surface area contributed by atoms with Crippen LogP contribution in [-0.2, 0) is 11.2 Å². The second-order valence-electron chi connectivity index (χ2n) is 6.31. The Balaban J connectivity index is 1.48. The van der Waals surface area contributed by atoms with Gasteiger partial charge in [-0.1, -0.05) is 18.2 Å². The highest BCUT2D eigenvalue weighted by atomic mass is 32.1. The predicted molar refractivity (Wildman–Crippen MR) is 102 cm³/mol. The highest BCUT2D eigenvalue weighted by Gasteiger charge is 2.27. The number of piperazine rings is 1. The number of rotatable bonds is 6. The van der Waals surface area contributed by atoms with E-state index in [9.17, 15) is 10.1 Å². The fourth-order valence-corrected chi connectivity index (χ4v) is 4.01. The zero-order valence-electron chi connectivity index (χ0n) is 14.9. The number of methoxy groups -OCH3 is 1. The molecule has 0 aliphatic carbocycles. The number of hydrogen-bond donors (Lipinski definition) is 0. The quantitative estimate of drug-likeness (QED) is 0.785. The molecule has 26 heavy (non-hydrogen) atoms. The summed E-state index contributed by atoms with van der Waals surface area (Å²) in [5.74, 6) is 1.01. The van der Waals surface area contributed by atoms with E-state index in [1.165, 1.54) is 0 Å². The van der Waals surface area contributed by atoms with Crippen LogP contribution in [0, 0.1) is 11.3 Å². The van der Waals surface area contributed by atoms with Crippen LogP contribution in [0.2, 0.25) is 0 Å². The molecule has 0 spiro atoms. The van der Waals surface area contributed by atoms with Crippen LogP contribution < -0.4 is 4.74 Å². The first-order chi connectivity index (χ1) is 12.7. The third-order valence-corrected chi connectivity index (χ3v) is 5.68. The van der Waals surface area contributed by atoms with Gasteiger partial charge in [-0.15, -0.1) is 11.3 Å². The Labute approximate surface area is 158 Å². The molecule has 0 bridgehead atoms. The molecule has 136 valence electrons. The van der Waals surface area contributed by atoms with Crippen molar-refractivity contribution in [3.63, 3.8) is 0 Å². The number of amides is 1. The van der Waals surface area contributed by atoms with E-state index in [2.05, 4.69) is 11.0 Å². The molecule has 5 nitrogen and oxygen atoms in total. The fraction of sp³-hybridized carbons (Fsp3) is 0.400. The summed E-state index contributed by atoms with van der Waals surface area (Å²) in [4.78, 5) is 17.7. The maximum Gasteiger partial charge on any atom is 0.222 e. The zero-order valence-corrected chi connectivity index (χ0v) is 15.7. The molecule has 2 heterocycles. The van der Waals surface area contributed by atoms with Gasteiger partial charge in [-0.05, 0) is 35.6 Å². The van der Waals surface area contributed by atoms with Gasteiger partial charge in [0.1, 0.15) is 11.8 Å². The summed E-state index contributed by atoms with van der Waals surface area (Å²) in [6, 6.07) is 14.0. The summed E-state index contributed by atoms with van der Waals surface area (Å²) in [5.41, 5.74) is 1.14. The number of aryl methyl sites for hydroxylation is 1. The van der Waals surface area contributed by atoms with Crippen molar-refractivity contribution in [3.05, 3.63) is 52.2 Å². The smallest absolute Gasteiger partial charge is 0.222 e. The van der Waals surface area contributed by atoms with Gasteiger partial charge in [-0.2, -0.15) is 5.26 Å². The number of ether oxygens (including phenoxy) is 1. The molecule has 6 heteroatoms. The average molecular weight is 369 g/mol. The zero-order chi connectivity index (χ0) is 18.4. The molecule has 1 unspecified atom stereocenters. The topological polar surface area (TPSA) is 56.6 Å². The lowest BCUT2D eigenvalue weighted by Gasteiger charge is -2.36. The summed E-state index contributed by atoms with van der Waals surface area (Å²) in [6.45, 7) is 2.85. The van der Waals surface area contributed by atoms with Crippen LogP contribution in [0.15, 0.2) is 41.8 Å². The van der Waals surface area contributed by atoms with Gasteiger partial charge in [0.05, 0.1) is 13.2 Å². The minimum Gasteiger partial charge on any atom is -0.497 e. The molecule has 1 aliphatic heterocycles. The van der Waals surface area contributed by atoms with E-state index in [0.717, 1.165) is 35.7 Å². The van der Waals surface area contributed by atoms with E-state index in [4.69, 9.17) is 4.74 Å². The lowest BCUT2D eigenvalue weighted by atomic mass is 10.1. The molecule has 1 aromatic heterocycles. The van der Waals surface area contributed by atoms with Gasteiger partial charge in [0.2, 0.25) is 5.91 Å². The Hall–Kier alpha value is -2.36. The van der Waals surface area contributed by atoms with E-state index in [0.29, 0.717) is 19.5 Å². The minimum absolute atomic E-state index is 0.185. The van der Waals surface area contributed by atoms with Crippen LogP contribution in [0.1, 0.15) is 22.9 Å². The molecule has 2 aromatic rings. The van der Waals surface area contributed by atoms with Crippen molar-refractivity contribution in [2.45, 2.75) is 18.9 Å². The van der Waals surface area contributed by atoms with E-state index in [-0.39, 0.29) is 11.9 Å². The molecule has 1 atom stereocenters. The van der Waals surface area contributed by atoms with Gasteiger partial charge in [0.25, 0.3) is 0 Å². The molecule has 1 aliphatic rings. The second-order valence-corrected chi connectivity index (χ2v) is 7.29. The molecule has 1 amide bonds. The lowest BCUT2D eigenvalue weighted by Crippen LogP contribution is -2.49. The SMILES string of the molecule is COc1ccc(CCC(=O)N2CCN(C(C#N)c3cccs3)CC2)cc1. The Morgan fingerprint density at radius 3 is 2.54 bits per heavy atom. The Kier molecular flexibility index (Phi) is 6.26. The van der Waals surface area contributed by atoms with Crippen LogP contribution in [-0.4, -0.2) is 49.0 Å². The van der Waals surface area contributed by atoms with Gasteiger partial charge >= 0.3 is 0 Å². The predicted octanol–water partition coefficient (Wildman–Crippen LogP) is 3.10. The number of hydrogen-bond acceptors (Lipinski definition) is 5.